The van der Waals surface area contributed by atoms with Crippen LogP contribution < -0.4 is 10.1 Å². The number of rotatable bonds is 6. The molecule has 36 heavy (non-hydrogen) atoms. The van der Waals surface area contributed by atoms with Crippen molar-refractivity contribution in [2.24, 2.45) is 0 Å². The van der Waals surface area contributed by atoms with E-state index in [1.807, 2.05) is 44.2 Å². The van der Waals surface area contributed by atoms with E-state index >= 15 is 0 Å². The quantitative estimate of drug-likeness (QED) is 0.238. The molecule has 0 aliphatic heterocycles. The molecule has 0 fully saturated rings. The van der Waals surface area contributed by atoms with Crippen molar-refractivity contribution in [3.63, 3.8) is 0 Å². The Bertz CT molecular complexity index is 1630. The number of carbonyl (C=O) groups excluding carboxylic acids is 1. The number of benzene rings is 4. The van der Waals surface area contributed by atoms with Gasteiger partial charge in [-0.05, 0) is 60.0 Å². The third kappa shape index (κ3) is 4.58. The maximum absolute atomic E-state index is 14.1. The van der Waals surface area contributed by atoms with E-state index in [0.717, 1.165) is 38.9 Å². The van der Waals surface area contributed by atoms with Gasteiger partial charge in [0.25, 0.3) is 0 Å². The molecule has 1 heterocycles. The van der Waals surface area contributed by atoms with Crippen LogP contribution in [0.4, 0.5) is 10.1 Å². The van der Waals surface area contributed by atoms with Gasteiger partial charge in [-0.2, -0.15) is 0 Å². The molecule has 1 N–H and O–H groups in total. The summed E-state index contributed by atoms with van der Waals surface area (Å²) in [5, 5.41) is 5.99. The number of hydrogen-bond donors (Lipinski definition) is 1. The first kappa shape index (κ1) is 23.6. The molecule has 0 aliphatic carbocycles. The molecule has 0 saturated heterocycles. The molecule has 5 rings (SSSR count). The monoisotopic (exact) mass is 499 g/mol. The molecule has 1 amide bonds. The first-order chi connectivity index (χ1) is 17.4. The molecule has 5 aromatic rings. The second-order valence-corrected chi connectivity index (χ2v) is 8.83. The van der Waals surface area contributed by atoms with E-state index in [-0.39, 0.29) is 10.7 Å². The van der Waals surface area contributed by atoms with Gasteiger partial charge in [-0.3, -0.25) is 4.79 Å². The third-order valence-electron chi connectivity index (χ3n) is 6.02. The van der Waals surface area contributed by atoms with Crippen LogP contribution in [0.5, 0.6) is 5.75 Å². The number of furan rings is 1. The van der Waals surface area contributed by atoms with E-state index in [0.29, 0.717) is 23.5 Å². The summed E-state index contributed by atoms with van der Waals surface area (Å²) < 4.78 is 25.9. The molecule has 0 radical (unpaired) electrons. The van der Waals surface area contributed by atoms with E-state index in [1.165, 1.54) is 18.2 Å². The van der Waals surface area contributed by atoms with Crippen molar-refractivity contribution < 1.29 is 18.3 Å². The van der Waals surface area contributed by atoms with Crippen molar-refractivity contribution in [2.75, 3.05) is 11.9 Å². The Hall–Kier alpha value is -4.09. The number of hydrogen-bond acceptors (Lipinski definition) is 3. The predicted molar refractivity (Wildman–Crippen MR) is 144 cm³/mol. The number of halogens is 2. The van der Waals surface area contributed by atoms with Crippen LogP contribution in [-0.4, -0.2) is 12.5 Å². The summed E-state index contributed by atoms with van der Waals surface area (Å²) in [6.07, 6.45) is 3.18. The third-order valence-corrected chi connectivity index (χ3v) is 6.25. The number of anilines is 1. The topological polar surface area (TPSA) is 51.5 Å². The maximum Gasteiger partial charge on any atom is 0.248 e. The van der Waals surface area contributed by atoms with Gasteiger partial charge >= 0.3 is 0 Å². The zero-order chi connectivity index (χ0) is 25.2. The molecule has 180 valence electrons. The van der Waals surface area contributed by atoms with E-state index < -0.39 is 11.7 Å². The highest BCUT2D eigenvalue weighted by atomic mass is 35.5. The summed E-state index contributed by atoms with van der Waals surface area (Å²) in [6, 6.07) is 22.3. The number of carbonyl (C=O) groups is 1. The number of fused-ring (bicyclic) bond motifs is 2. The summed E-state index contributed by atoms with van der Waals surface area (Å²) in [6.45, 7) is 4.16. The van der Waals surface area contributed by atoms with Crippen LogP contribution in [0.3, 0.4) is 0 Å². The van der Waals surface area contributed by atoms with Crippen LogP contribution >= 0.6 is 11.6 Å². The second kappa shape index (κ2) is 9.88. The first-order valence-corrected chi connectivity index (χ1v) is 11.9. The number of nitrogens with one attached hydrogen (secondary N) is 1. The van der Waals surface area contributed by atoms with Gasteiger partial charge in [-0.15, -0.1) is 0 Å². The fraction of sp³-hybridized carbons (Fsp3) is 0.100. The normalized spacial score (nSPS) is 11.7. The highest BCUT2D eigenvalue weighted by molar-refractivity contribution is 6.30. The molecule has 0 saturated carbocycles. The SMILES string of the molecule is CCOc1cc2occ(-c3cccc4ccccc34)c2cc1/C(C)=C/C(=O)Nc1ccc(Cl)cc1F. The zero-order valence-electron chi connectivity index (χ0n) is 19.8. The average molecular weight is 500 g/mol. The summed E-state index contributed by atoms with van der Waals surface area (Å²) in [7, 11) is 0. The summed E-state index contributed by atoms with van der Waals surface area (Å²) in [5.41, 5.74) is 4.16. The van der Waals surface area contributed by atoms with Crippen LogP contribution in [-0.2, 0) is 4.79 Å². The minimum absolute atomic E-state index is 0.0574. The lowest BCUT2D eigenvalue weighted by Crippen LogP contribution is -2.10. The smallest absolute Gasteiger partial charge is 0.248 e. The van der Waals surface area contributed by atoms with E-state index in [1.54, 1.807) is 6.26 Å². The molecular formula is C30H23ClFNO3. The Labute approximate surface area is 212 Å². The molecule has 6 heteroatoms. The molecule has 0 spiro atoms. The van der Waals surface area contributed by atoms with Crippen molar-refractivity contribution in [2.45, 2.75) is 13.8 Å². The maximum atomic E-state index is 14.1. The van der Waals surface area contributed by atoms with Crippen LogP contribution in [0.2, 0.25) is 5.02 Å². The fourth-order valence-electron chi connectivity index (χ4n) is 4.34. The van der Waals surface area contributed by atoms with Crippen molar-refractivity contribution in [1.29, 1.82) is 0 Å². The van der Waals surface area contributed by atoms with Gasteiger partial charge < -0.3 is 14.5 Å². The summed E-state index contributed by atoms with van der Waals surface area (Å²) in [4.78, 5) is 12.7. The highest BCUT2D eigenvalue weighted by Crippen LogP contribution is 2.39. The van der Waals surface area contributed by atoms with Gasteiger partial charge in [0.2, 0.25) is 5.91 Å². The molecule has 0 aliphatic rings. The van der Waals surface area contributed by atoms with E-state index in [4.69, 9.17) is 20.8 Å². The lowest BCUT2D eigenvalue weighted by molar-refractivity contribution is -0.111. The molecule has 4 nitrogen and oxygen atoms in total. The van der Waals surface area contributed by atoms with E-state index in [2.05, 4.69) is 29.6 Å². The Morgan fingerprint density at radius 3 is 2.64 bits per heavy atom. The van der Waals surface area contributed by atoms with Crippen LogP contribution in [0.25, 0.3) is 38.4 Å². The molecule has 4 aromatic carbocycles. The zero-order valence-corrected chi connectivity index (χ0v) is 20.5. The molecular weight excluding hydrogens is 477 g/mol. The lowest BCUT2D eigenvalue weighted by atomic mass is 9.96. The highest BCUT2D eigenvalue weighted by Gasteiger charge is 2.17. The van der Waals surface area contributed by atoms with Crippen molar-refractivity contribution in [3.8, 4) is 16.9 Å². The number of allylic oxidation sites excluding steroid dienone is 1. The minimum atomic E-state index is -0.601. The summed E-state index contributed by atoms with van der Waals surface area (Å²) in [5.74, 6) is -0.461. The molecule has 0 atom stereocenters. The average Bonchev–Trinajstić information content (AvgIpc) is 3.27. The largest absolute Gasteiger partial charge is 0.493 e. The fourth-order valence-corrected chi connectivity index (χ4v) is 4.50. The number of amides is 1. The Morgan fingerprint density at radius 2 is 1.83 bits per heavy atom. The molecule has 1 aromatic heterocycles. The van der Waals surface area contributed by atoms with Crippen LogP contribution in [0, 0.1) is 5.82 Å². The molecule has 0 unspecified atom stereocenters. The summed E-state index contributed by atoms with van der Waals surface area (Å²) >= 11 is 5.81. The van der Waals surface area contributed by atoms with Gasteiger partial charge in [0, 0.05) is 33.7 Å². The van der Waals surface area contributed by atoms with E-state index in [9.17, 15) is 9.18 Å². The van der Waals surface area contributed by atoms with Crippen LogP contribution in [0.15, 0.2) is 89.6 Å². The van der Waals surface area contributed by atoms with Crippen molar-refractivity contribution >= 4 is 50.5 Å². The minimum Gasteiger partial charge on any atom is -0.493 e. The van der Waals surface area contributed by atoms with Gasteiger partial charge in [-0.1, -0.05) is 54.1 Å². The van der Waals surface area contributed by atoms with Crippen molar-refractivity contribution in [1.82, 2.24) is 0 Å². The first-order valence-electron chi connectivity index (χ1n) is 11.6. The van der Waals surface area contributed by atoms with Crippen LogP contribution in [0.1, 0.15) is 19.4 Å². The Morgan fingerprint density at radius 1 is 1.03 bits per heavy atom. The number of ether oxygens (including phenoxy) is 1. The molecule has 0 bridgehead atoms. The lowest BCUT2D eigenvalue weighted by Gasteiger charge is -2.12. The van der Waals surface area contributed by atoms with Gasteiger partial charge in [0.1, 0.15) is 17.1 Å². The van der Waals surface area contributed by atoms with Gasteiger partial charge in [-0.25, -0.2) is 4.39 Å². The second-order valence-electron chi connectivity index (χ2n) is 8.39. The predicted octanol–water partition coefficient (Wildman–Crippen LogP) is 8.49. The Kier molecular flexibility index (Phi) is 6.49. The van der Waals surface area contributed by atoms with Gasteiger partial charge in [0.05, 0.1) is 18.6 Å². The van der Waals surface area contributed by atoms with Gasteiger partial charge in [0.15, 0.2) is 0 Å². The Balaban J connectivity index is 1.57. The van der Waals surface area contributed by atoms with Crippen molar-refractivity contribution in [3.05, 3.63) is 102 Å². The standard InChI is InChI=1S/C30H23ClFNO3/c1-3-35-28-16-29-24(25(17-36-29)22-10-6-8-19-7-4-5-9-21(19)22)15-23(28)18(2)13-30(34)33-27-12-11-20(31)14-26(27)32/h4-17H,3H2,1-2H3,(H,33,34)/b18-13+.